The fraction of sp³-hybridized carbons (Fsp3) is 0.357. The summed E-state index contributed by atoms with van der Waals surface area (Å²) in [5.41, 5.74) is 0.996. The largest absolute Gasteiger partial charge is 0.478 e. The molecule has 0 saturated heterocycles. The molecule has 2 N–H and O–H groups in total. The second kappa shape index (κ2) is 5.65. The van der Waals surface area contributed by atoms with E-state index in [9.17, 15) is 9.59 Å². The van der Waals surface area contributed by atoms with Gasteiger partial charge in [-0.1, -0.05) is 13.0 Å². The van der Waals surface area contributed by atoms with Crippen LogP contribution in [0.5, 0.6) is 0 Å². The van der Waals surface area contributed by atoms with Gasteiger partial charge in [0.15, 0.2) is 0 Å². The molecule has 0 radical (unpaired) electrons. The van der Waals surface area contributed by atoms with Crippen molar-refractivity contribution >= 4 is 18.0 Å². The zero-order chi connectivity index (χ0) is 13.8. The lowest BCUT2D eigenvalue weighted by atomic mass is 10.2. The van der Waals surface area contributed by atoms with Crippen molar-refractivity contribution in [2.45, 2.75) is 13.3 Å². The van der Waals surface area contributed by atoms with E-state index in [1.807, 2.05) is 0 Å². The van der Waals surface area contributed by atoms with Gasteiger partial charge in [-0.3, -0.25) is 9.78 Å². The second-order valence-corrected chi connectivity index (χ2v) is 4.83. The Bertz CT molecular complexity index is 508. The molecule has 0 spiro atoms. The van der Waals surface area contributed by atoms with Crippen molar-refractivity contribution in [3.8, 4) is 0 Å². The van der Waals surface area contributed by atoms with Gasteiger partial charge in [-0.15, -0.1) is 0 Å². The standard InChI is InChI=1S/C14H16N2O3/c1-9-6-11(9)8-16-14(19)12-4-2-10(7-15-12)3-5-13(17)18/h2-5,7,9,11H,6,8H2,1H3,(H,16,19)(H,17,18)/b5-3+. The molecular formula is C14H16N2O3. The lowest BCUT2D eigenvalue weighted by Gasteiger charge is -2.03. The summed E-state index contributed by atoms with van der Waals surface area (Å²) < 4.78 is 0. The maximum atomic E-state index is 11.8. The first-order chi connectivity index (χ1) is 9.06. The molecule has 1 saturated carbocycles. The van der Waals surface area contributed by atoms with Gasteiger partial charge in [-0.25, -0.2) is 4.79 Å². The number of carboxylic acid groups (broad SMARTS) is 1. The zero-order valence-corrected chi connectivity index (χ0v) is 10.7. The molecule has 1 aromatic rings. The molecule has 1 aliphatic rings. The van der Waals surface area contributed by atoms with Crippen LogP contribution in [0.1, 0.15) is 29.4 Å². The van der Waals surface area contributed by atoms with Gasteiger partial charge in [0.2, 0.25) is 0 Å². The Balaban J connectivity index is 1.89. The molecule has 1 aromatic heterocycles. The SMILES string of the molecule is CC1CC1CNC(=O)c1ccc(/C=C/C(=O)O)cn1. The zero-order valence-electron chi connectivity index (χ0n) is 10.7. The number of carbonyl (C=O) groups excluding carboxylic acids is 1. The highest BCUT2D eigenvalue weighted by molar-refractivity contribution is 5.92. The molecule has 0 aromatic carbocycles. The van der Waals surface area contributed by atoms with Gasteiger partial charge in [-0.2, -0.15) is 0 Å². The number of amides is 1. The second-order valence-electron chi connectivity index (χ2n) is 4.83. The highest BCUT2D eigenvalue weighted by Crippen LogP contribution is 2.36. The minimum Gasteiger partial charge on any atom is -0.478 e. The summed E-state index contributed by atoms with van der Waals surface area (Å²) in [4.78, 5) is 26.2. The van der Waals surface area contributed by atoms with Crippen molar-refractivity contribution in [2.24, 2.45) is 11.8 Å². The van der Waals surface area contributed by atoms with E-state index in [-0.39, 0.29) is 5.91 Å². The fourth-order valence-corrected chi connectivity index (χ4v) is 1.80. The van der Waals surface area contributed by atoms with Crippen molar-refractivity contribution in [1.29, 1.82) is 0 Å². The summed E-state index contributed by atoms with van der Waals surface area (Å²) in [6.07, 6.45) is 5.12. The summed E-state index contributed by atoms with van der Waals surface area (Å²) in [7, 11) is 0. The number of rotatable bonds is 5. The third-order valence-electron chi connectivity index (χ3n) is 3.24. The third-order valence-corrected chi connectivity index (χ3v) is 3.24. The van der Waals surface area contributed by atoms with Gasteiger partial charge in [0.1, 0.15) is 5.69 Å². The molecule has 2 unspecified atom stereocenters. The monoisotopic (exact) mass is 260 g/mol. The predicted octanol–water partition coefficient (Wildman–Crippen LogP) is 1.57. The Morgan fingerprint density at radius 2 is 2.26 bits per heavy atom. The van der Waals surface area contributed by atoms with Gasteiger partial charge < -0.3 is 10.4 Å². The topological polar surface area (TPSA) is 79.3 Å². The Kier molecular flexibility index (Phi) is 3.94. The van der Waals surface area contributed by atoms with Crippen LogP contribution in [0.25, 0.3) is 6.08 Å². The van der Waals surface area contributed by atoms with E-state index in [4.69, 9.17) is 5.11 Å². The van der Waals surface area contributed by atoms with Crippen LogP contribution in [0.4, 0.5) is 0 Å². The maximum absolute atomic E-state index is 11.8. The third kappa shape index (κ3) is 3.91. The number of aromatic nitrogens is 1. The van der Waals surface area contributed by atoms with Gasteiger partial charge in [-0.05, 0) is 36.0 Å². The van der Waals surface area contributed by atoms with Crippen molar-refractivity contribution in [3.05, 3.63) is 35.7 Å². The van der Waals surface area contributed by atoms with E-state index < -0.39 is 5.97 Å². The highest BCUT2D eigenvalue weighted by Gasteiger charge is 2.32. The molecule has 2 rings (SSSR count). The smallest absolute Gasteiger partial charge is 0.328 e. The molecule has 100 valence electrons. The number of aliphatic carboxylic acids is 1. The molecular weight excluding hydrogens is 244 g/mol. The minimum atomic E-state index is -1.01. The number of hydrogen-bond acceptors (Lipinski definition) is 3. The number of nitrogens with one attached hydrogen (secondary N) is 1. The van der Waals surface area contributed by atoms with Crippen LogP contribution < -0.4 is 5.32 Å². The van der Waals surface area contributed by atoms with Gasteiger partial charge in [0.25, 0.3) is 5.91 Å². The summed E-state index contributed by atoms with van der Waals surface area (Å²) >= 11 is 0. The van der Waals surface area contributed by atoms with Crippen LogP contribution >= 0.6 is 0 Å². The van der Waals surface area contributed by atoms with Crippen LogP contribution in [-0.4, -0.2) is 28.5 Å². The quantitative estimate of drug-likeness (QED) is 0.787. The molecule has 0 aliphatic heterocycles. The Morgan fingerprint density at radius 3 is 2.79 bits per heavy atom. The number of carbonyl (C=O) groups is 2. The molecule has 5 heteroatoms. The molecule has 1 fully saturated rings. The molecule has 1 amide bonds. The van der Waals surface area contributed by atoms with Crippen LogP contribution in [-0.2, 0) is 4.79 Å². The molecule has 19 heavy (non-hydrogen) atoms. The summed E-state index contributed by atoms with van der Waals surface area (Å²) in [5.74, 6) is 0.103. The number of pyridine rings is 1. The van der Waals surface area contributed by atoms with Crippen LogP contribution in [0.15, 0.2) is 24.4 Å². The highest BCUT2D eigenvalue weighted by atomic mass is 16.4. The Morgan fingerprint density at radius 1 is 1.53 bits per heavy atom. The van der Waals surface area contributed by atoms with Crippen LogP contribution in [0.3, 0.4) is 0 Å². The normalized spacial score (nSPS) is 21.3. The van der Waals surface area contributed by atoms with E-state index >= 15 is 0 Å². The first kappa shape index (κ1) is 13.3. The first-order valence-corrected chi connectivity index (χ1v) is 6.21. The number of carboxylic acids is 1. The predicted molar refractivity (Wildman–Crippen MR) is 70.5 cm³/mol. The van der Waals surface area contributed by atoms with E-state index in [1.54, 1.807) is 12.1 Å². The van der Waals surface area contributed by atoms with Crippen molar-refractivity contribution in [2.75, 3.05) is 6.54 Å². The average molecular weight is 260 g/mol. The number of hydrogen-bond donors (Lipinski definition) is 2. The minimum absolute atomic E-state index is 0.187. The molecule has 1 heterocycles. The number of nitrogens with zero attached hydrogens (tertiary/aromatic N) is 1. The van der Waals surface area contributed by atoms with Crippen molar-refractivity contribution < 1.29 is 14.7 Å². The van der Waals surface area contributed by atoms with E-state index in [0.717, 1.165) is 6.08 Å². The molecule has 1 aliphatic carbocycles. The Labute approximate surface area is 111 Å². The van der Waals surface area contributed by atoms with Gasteiger partial charge in [0, 0.05) is 18.8 Å². The lowest BCUT2D eigenvalue weighted by molar-refractivity contribution is -0.131. The van der Waals surface area contributed by atoms with Gasteiger partial charge >= 0.3 is 5.97 Å². The van der Waals surface area contributed by atoms with E-state index in [0.29, 0.717) is 29.6 Å². The van der Waals surface area contributed by atoms with Crippen molar-refractivity contribution in [1.82, 2.24) is 10.3 Å². The van der Waals surface area contributed by atoms with E-state index in [2.05, 4.69) is 17.2 Å². The lowest BCUT2D eigenvalue weighted by Crippen LogP contribution is -2.26. The molecule has 5 nitrogen and oxygen atoms in total. The fourth-order valence-electron chi connectivity index (χ4n) is 1.80. The van der Waals surface area contributed by atoms with Gasteiger partial charge in [0.05, 0.1) is 0 Å². The summed E-state index contributed by atoms with van der Waals surface area (Å²) in [5, 5.41) is 11.3. The van der Waals surface area contributed by atoms with Crippen molar-refractivity contribution in [3.63, 3.8) is 0 Å². The Hall–Kier alpha value is -2.17. The molecule has 2 atom stereocenters. The first-order valence-electron chi connectivity index (χ1n) is 6.21. The molecule has 0 bridgehead atoms. The van der Waals surface area contributed by atoms with E-state index in [1.165, 1.54) is 18.7 Å². The summed E-state index contributed by atoms with van der Waals surface area (Å²) in [6.45, 7) is 2.86. The summed E-state index contributed by atoms with van der Waals surface area (Å²) in [6, 6.07) is 3.26. The van der Waals surface area contributed by atoms with Crippen LogP contribution in [0.2, 0.25) is 0 Å². The maximum Gasteiger partial charge on any atom is 0.328 e. The average Bonchev–Trinajstić information content (AvgIpc) is 3.10. The van der Waals surface area contributed by atoms with Crippen LogP contribution in [0, 0.1) is 11.8 Å².